The summed E-state index contributed by atoms with van der Waals surface area (Å²) >= 11 is 8.48. The van der Waals surface area contributed by atoms with E-state index in [1.54, 1.807) is 0 Å². The molecular formula is C80H63ClN4O3. The van der Waals surface area contributed by atoms with Gasteiger partial charge in [0.05, 0.1) is 22.1 Å². The number of para-hydroxylation sites is 5. The first-order chi connectivity index (χ1) is 42.8. The Morgan fingerprint density at radius 3 is 1.02 bits per heavy atom. The molecule has 3 heterocycles. The van der Waals surface area contributed by atoms with Crippen molar-refractivity contribution < 1.29 is 13.3 Å². The molecule has 0 amide bonds. The molecule has 0 unspecified atom stereocenters. The average Bonchev–Trinajstić information content (AvgIpc) is 1.12. The normalized spacial score (nSPS) is 12.0. The molecule has 88 heavy (non-hydrogen) atoms. The topological polar surface area (TPSA) is 52.4 Å². The van der Waals surface area contributed by atoms with Gasteiger partial charge in [-0.3, -0.25) is 0 Å². The monoisotopic (exact) mass is 1160 g/mol. The molecule has 428 valence electrons. The molecule has 0 radical (unpaired) electrons. The van der Waals surface area contributed by atoms with Crippen LogP contribution in [0.2, 0.25) is 5.02 Å². The van der Waals surface area contributed by atoms with Crippen LogP contribution < -0.4 is 19.6 Å². The van der Waals surface area contributed by atoms with Crippen LogP contribution in [0, 0.1) is 0 Å². The van der Waals surface area contributed by atoms with Crippen LogP contribution in [0.15, 0.2) is 286 Å². The third-order valence-electron chi connectivity index (χ3n) is 17.0. The van der Waals surface area contributed by atoms with E-state index in [0.717, 1.165) is 134 Å². The minimum Gasteiger partial charge on any atom is -0.456 e. The molecule has 0 bridgehead atoms. The summed E-state index contributed by atoms with van der Waals surface area (Å²) in [7, 11) is 0. The van der Waals surface area contributed by atoms with Crippen molar-refractivity contribution in [2.75, 3.05) is 19.6 Å². The van der Waals surface area contributed by atoms with Crippen LogP contribution in [-0.2, 0) is 10.8 Å². The molecule has 0 saturated heterocycles. The highest BCUT2D eigenvalue weighted by atomic mass is 35.5. The zero-order valence-corrected chi connectivity index (χ0v) is 50.6. The van der Waals surface area contributed by atoms with Gasteiger partial charge in [-0.05, 0) is 168 Å². The predicted octanol–water partition coefficient (Wildman–Crippen LogP) is 24.5. The Morgan fingerprint density at radius 1 is 0.239 bits per heavy atom. The molecule has 7 nitrogen and oxygen atoms in total. The number of hydrogen-bond donors (Lipinski definition) is 0. The molecule has 3 aromatic heterocycles. The minimum atomic E-state index is -0.104. The summed E-state index contributed by atoms with van der Waals surface area (Å²) in [5.41, 5.74) is 18.1. The van der Waals surface area contributed by atoms with Gasteiger partial charge in [-0.1, -0.05) is 174 Å². The van der Waals surface area contributed by atoms with E-state index in [-0.39, 0.29) is 10.8 Å². The number of rotatable bonds is 12. The van der Waals surface area contributed by atoms with E-state index in [2.05, 4.69) is 298 Å². The highest BCUT2D eigenvalue weighted by molar-refractivity contribution is 6.37. The van der Waals surface area contributed by atoms with Gasteiger partial charge in [0.2, 0.25) is 0 Å². The third kappa shape index (κ3) is 9.74. The van der Waals surface area contributed by atoms with E-state index in [9.17, 15) is 0 Å². The standard InChI is InChI=1S/C80H63ClN4O3/c1-79(2,3)52-32-36-56(37-33-52)84(59-25-19-24-58(46-59)83(60-41-44-75-68(47-60)65-27-14-17-30-73(65)86-75)61-42-45-76-69(48-61)66-28-15-18-31-74(66)87-76)70-49-63(82(54-20-9-7-10-21-54)55-22-11-8-12-23-55)50-71(78(70)81)85(57-38-34-53(35-39-57)80(4,5)6)62-40-43-67-64-26-13-16-29-72(64)88-77(67)51-62/h7-51H,1-6H3. The van der Waals surface area contributed by atoms with Crippen LogP contribution >= 0.6 is 11.6 Å². The second-order valence-electron chi connectivity index (χ2n) is 24.8. The lowest BCUT2D eigenvalue weighted by atomic mass is 9.87. The molecule has 0 saturated carbocycles. The molecule has 15 aromatic rings. The maximum atomic E-state index is 8.48. The van der Waals surface area contributed by atoms with Crippen LogP contribution in [-0.4, -0.2) is 0 Å². The largest absolute Gasteiger partial charge is 0.456 e. The van der Waals surface area contributed by atoms with Gasteiger partial charge in [0, 0.05) is 89.6 Å². The quantitative estimate of drug-likeness (QED) is 0.121. The Labute approximate surface area is 517 Å². The smallest absolute Gasteiger partial charge is 0.137 e. The summed E-state index contributed by atoms with van der Waals surface area (Å²) in [6.07, 6.45) is 0. The maximum Gasteiger partial charge on any atom is 0.137 e. The van der Waals surface area contributed by atoms with Gasteiger partial charge in [-0.2, -0.15) is 0 Å². The SMILES string of the molecule is CC(C)(C)c1ccc(N(c2cccc(N(c3ccc4oc5ccccc5c4c3)c3ccc4oc5ccccc5c4c3)c2)c2cc(N(c3ccccc3)c3ccccc3)cc(N(c3ccc(C(C)(C)C)cc3)c3ccc4c(c3)oc3ccccc34)c2Cl)cc1. The molecule has 12 aromatic carbocycles. The first kappa shape index (κ1) is 54.2. The van der Waals surface area contributed by atoms with E-state index in [0.29, 0.717) is 5.02 Å². The number of fused-ring (bicyclic) bond motifs is 9. The Morgan fingerprint density at radius 2 is 0.557 bits per heavy atom. The molecular weight excluding hydrogens is 1100 g/mol. The van der Waals surface area contributed by atoms with Gasteiger partial charge in [0.1, 0.15) is 33.5 Å². The lowest BCUT2D eigenvalue weighted by Gasteiger charge is -2.35. The molecule has 8 heteroatoms. The van der Waals surface area contributed by atoms with Crippen LogP contribution in [0.4, 0.5) is 68.2 Å². The van der Waals surface area contributed by atoms with E-state index in [4.69, 9.17) is 24.9 Å². The van der Waals surface area contributed by atoms with Crippen molar-refractivity contribution in [3.05, 3.63) is 289 Å². The number of anilines is 12. The highest BCUT2D eigenvalue weighted by Gasteiger charge is 2.29. The van der Waals surface area contributed by atoms with Gasteiger partial charge in [-0.15, -0.1) is 0 Å². The van der Waals surface area contributed by atoms with E-state index in [1.165, 1.54) is 11.1 Å². The number of nitrogens with zero attached hydrogens (tertiary/aromatic N) is 4. The molecule has 0 aliphatic heterocycles. The Kier molecular flexibility index (Phi) is 13.2. The van der Waals surface area contributed by atoms with Gasteiger partial charge in [0.25, 0.3) is 0 Å². The van der Waals surface area contributed by atoms with Crippen LogP contribution in [0.5, 0.6) is 0 Å². The fraction of sp³-hybridized carbons (Fsp3) is 0.100. The lowest BCUT2D eigenvalue weighted by Crippen LogP contribution is -2.18. The molecule has 0 N–H and O–H groups in total. The summed E-state index contributed by atoms with van der Waals surface area (Å²) in [6.45, 7) is 13.5. The molecule has 0 atom stereocenters. The predicted molar refractivity (Wildman–Crippen MR) is 369 cm³/mol. The van der Waals surface area contributed by atoms with Gasteiger partial charge >= 0.3 is 0 Å². The van der Waals surface area contributed by atoms with Crippen molar-refractivity contribution in [3.63, 3.8) is 0 Å². The van der Waals surface area contributed by atoms with Crippen molar-refractivity contribution in [3.8, 4) is 0 Å². The first-order valence-electron chi connectivity index (χ1n) is 30.0. The Bertz CT molecular complexity index is 4940. The zero-order valence-electron chi connectivity index (χ0n) is 49.9. The second kappa shape index (κ2) is 21.5. The highest BCUT2D eigenvalue weighted by Crippen LogP contribution is 2.53. The number of halogens is 1. The summed E-state index contributed by atoms with van der Waals surface area (Å²) in [5, 5.41) is 6.79. The van der Waals surface area contributed by atoms with Crippen LogP contribution in [0.1, 0.15) is 52.7 Å². The van der Waals surface area contributed by atoms with Crippen molar-refractivity contribution in [2.45, 2.75) is 52.4 Å². The van der Waals surface area contributed by atoms with E-state index < -0.39 is 0 Å². The fourth-order valence-corrected chi connectivity index (χ4v) is 12.8. The van der Waals surface area contributed by atoms with Gasteiger partial charge in [0.15, 0.2) is 0 Å². The van der Waals surface area contributed by atoms with Crippen molar-refractivity contribution in [1.82, 2.24) is 0 Å². The van der Waals surface area contributed by atoms with Gasteiger partial charge in [-0.25, -0.2) is 0 Å². The van der Waals surface area contributed by atoms with Crippen LogP contribution in [0.3, 0.4) is 0 Å². The molecule has 0 aliphatic rings. The number of furan rings is 3. The molecule has 0 aliphatic carbocycles. The summed E-state index contributed by atoms with van der Waals surface area (Å²) < 4.78 is 19.5. The first-order valence-corrected chi connectivity index (χ1v) is 30.4. The maximum absolute atomic E-state index is 8.48. The Balaban J connectivity index is 1.00. The minimum absolute atomic E-state index is 0.0823. The number of hydrogen-bond acceptors (Lipinski definition) is 7. The van der Waals surface area contributed by atoms with E-state index >= 15 is 0 Å². The summed E-state index contributed by atoms with van der Waals surface area (Å²) in [5.74, 6) is 0. The zero-order chi connectivity index (χ0) is 59.8. The molecule has 15 rings (SSSR count). The lowest BCUT2D eigenvalue weighted by molar-refractivity contribution is 0.590. The Hall–Kier alpha value is -10.5. The van der Waals surface area contributed by atoms with Crippen molar-refractivity contribution in [2.24, 2.45) is 0 Å². The summed E-state index contributed by atoms with van der Waals surface area (Å²) in [6, 6.07) is 96.5. The van der Waals surface area contributed by atoms with Crippen LogP contribution in [0.25, 0.3) is 65.8 Å². The average molecular weight is 1160 g/mol. The summed E-state index contributed by atoms with van der Waals surface area (Å²) in [4.78, 5) is 9.25. The molecule has 0 spiro atoms. The van der Waals surface area contributed by atoms with Gasteiger partial charge < -0.3 is 32.9 Å². The fourth-order valence-electron chi connectivity index (χ4n) is 12.5. The van der Waals surface area contributed by atoms with Crippen molar-refractivity contribution in [1.29, 1.82) is 0 Å². The van der Waals surface area contributed by atoms with Crippen molar-refractivity contribution >= 4 is 146 Å². The molecule has 0 fully saturated rings. The number of benzene rings is 12. The van der Waals surface area contributed by atoms with E-state index in [1.807, 2.05) is 36.4 Å². The second-order valence-corrected chi connectivity index (χ2v) is 25.1. The third-order valence-corrected chi connectivity index (χ3v) is 17.4.